The molecule has 0 atom stereocenters. The number of benzene rings is 2. The predicted molar refractivity (Wildman–Crippen MR) is 132 cm³/mol. The van der Waals surface area contributed by atoms with Crippen LogP contribution in [0.15, 0.2) is 70.8 Å². The Hall–Kier alpha value is -3.11. The summed E-state index contributed by atoms with van der Waals surface area (Å²) in [6.45, 7) is 4.26. The molecule has 0 radical (unpaired) electrons. The van der Waals surface area contributed by atoms with Gasteiger partial charge in [-0.25, -0.2) is 4.79 Å². The average Bonchev–Trinajstić information content (AvgIpc) is 2.95. The second-order valence-electron chi connectivity index (χ2n) is 8.97. The molecule has 0 aromatic heterocycles. The molecule has 32 heavy (non-hydrogen) atoms. The summed E-state index contributed by atoms with van der Waals surface area (Å²) in [4.78, 5) is 11.5. The van der Waals surface area contributed by atoms with Gasteiger partial charge in [0.2, 0.25) is 5.69 Å². The van der Waals surface area contributed by atoms with E-state index in [-0.39, 0.29) is 5.41 Å². The van der Waals surface area contributed by atoms with E-state index in [2.05, 4.69) is 36.7 Å². The summed E-state index contributed by atoms with van der Waals surface area (Å²) in [5.74, 6) is -0.908. The number of allylic oxidation sites excluding steroid dienone is 5. The Morgan fingerprint density at radius 3 is 2.53 bits per heavy atom. The number of halogens is 1. The molecule has 1 heterocycles. The number of nitrogen functional groups attached to an aromatic ring is 1. The highest BCUT2D eigenvalue weighted by atomic mass is 35.5. The lowest BCUT2D eigenvalue weighted by Gasteiger charge is -2.18. The summed E-state index contributed by atoms with van der Waals surface area (Å²) in [5.41, 5.74) is 13.1. The minimum absolute atomic E-state index is 0.309. The number of hydrogen-bond donors (Lipinski definition) is 2. The molecule has 0 fully saturated rings. The summed E-state index contributed by atoms with van der Waals surface area (Å²) in [6.07, 6.45) is 9.32. The Balaban J connectivity index is 1.66. The van der Waals surface area contributed by atoms with Crippen molar-refractivity contribution in [3.8, 4) is 0 Å². The highest BCUT2D eigenvalue weighted by Gasteiger charge is 2.43. The third-order valence-corrected chi connectivity index (χ3v) is 6.94. The first-order chi connectivity index (χ1) is 15.2. The van der Waals surface area contributed by atoms with E-state index < -0.39 is 5.97 Å². The molecule has 164 valence electrons. The zero-order valence-electron chi connectivity index (χ0n) is 18.7. The molecule has 0 saturated carbocycles. The van der Waals surface area contributed by atoms with Crippen LogP contribution in [0.2, 0.25) is 0 Å². The molecule has 2 aromatic rings. The molecule has 0 spiro atoms. The molecule has 2 aromatic carbocycles. The van der Waals surface area contributed by atoms with Crippen LogP contribution < -0.4 is 5.73 Å². The molecule has 4 nitrogen and oxygen atoms in total. The van der Waals surface area contributed by atoms with Crippen molar-refractivity contribution in [3.05, 3.63) is 87.5 Å². The molecule has 0 bridgehead atoms. The minimum atomic E-state index is -0.908. The molecule has 0 saturated heterocycles. The van der Waals surface area contributed by atoms with Crippen LogP contribution >= 0.6 is 11.6 Å². The van der Waals surface area contributed by atoms with Crippen molar-refractivity contribution in [2.45, 2.75) is 38.5 Å². The quantitative estimate of drug-likeness (QED) is 0.427. The van der Waals surface area contributed by atoms with E-state index in [1.54, 1.807) is 12.1 Å². The second-order valence-corrected chi connectivity index (χ2v) is 9.35. The number of rotatable bonds is 4. The number of carboxylic acid groups (broad SMARTS) is 1. The first-order valence-electron chi connectivity index (χ1n) is 10.8. The van der Waals surface area contributed by atoms with Gasteiger partial charge in [0.1, 0.15) is 7.05 Å². The number of carbonyl (C=O) groups is 1. The number of aromatic carboxylic acids is 1. The van der Waals surface area contributed by atoms with Crippen LogP contribution in [-0.4, -0.2) is 28.4 Å². The van der Waals surface area contributed by atoms with E-state index in [0.29, 0.717) is 5.56 Å². The van der Waals surface area contributed by atoms with Gasteiger partial charge in [-0.3, -0.25) is 0 Å². The monoisotopic (exact) mass is 447 g/mol. The van der Waals surface area contributed by atoms with Crippen molar-refractivity contribution in [2.75, 3.05) is 12.8 Å². The Labute approximate surface area is 194 Å². The summed E-state index contributed by atoms with van der Waals surface area (Å²) < 4.78 is 2.14. The molecule has 5 heteroatoms. The number of nitrogens with two attached hydrogens (primary N) is 1. The summed E-state index contributed by atoms with van der Waals surface area (Å²) in [5, 5.41) is 10.2. The van der Waals surface area contributed by atoms with E-state index in [4.69, 9.17) is 17.3 Å². The first kappa shape index (κ1) is 22.1. The van der Waals surface area contributed by atoms with E-state index in [0.717, 1.165) is 63.7 Å². The Bertz CT molecular complexity index is 1210. The summed E-state index contributed by atoms with van der Waals surface area (Å²) >= 11 is 6.81. The number of hydrogen-bond acceptors (Lipinski definition) is 2. The lowest BCUT2D eigenvalue weighted by Crippen LogP contribution is -2.26. The maximum atomic E-state index is 11.5. The Kier molecular flexibility index (Phi) is 5.83. The van der Waals surface area contributed by atoms with Crippen LogP contribution in [0.5, 0.6) is 0 Å². The number of nitrogens with zero attached hydrogens (tertiary/aromatic N) is 1. The maximum absolute atomic E-state index is 11.5. The molecule has 0 unspecified atom stereocenters. The van der Waals surface area contributed by atoms with Crippen LogP contribution in [0, 0.1) is 0 Å². The number of fused-ring (bicyclic) bond motifs is 1. The van der Waals surface area contributed by atoms with Gasteiger partial charge in [-0.05, 0) is 74.1 Å². The highest BCUT2D eigenvalue weighted by molar-refractivity contribution is 6.33. The van der Waals surface area contributed by atoms with E-state index in [1.165, 1.54) is 0 Å². The fraction of sp³-hybridized carbons (Fsp3) is 0.259. The third kappa shape index (κ3) is 4.03. The van der Waals surface area contributed by atoms with Crippen molar-refractivity contribution in [1.82, 2.24) is 0 Å². The minimum Gasteiger partial charge on any atom is -0.478 e. The van der Waals surface area contributed by atoms with Gasteiger partial charge < -0.3 is 10.8 Å². The molecule has 4 rings (SSSR count). The SMILES string of the molecule is C[N+]1=C(/C=C/C2=C(Cl)C(=C/c3ccc(N)cc3)/CCC2)C(C)(C)c2cc(C(=O)O)ccc21. The fourth-order valence-corrected chi connectivity index (χ4v) is 4.94. The topological polar surface area (TPSA) is 66.3 Å². The second kappa shape index (κ2) is 8.44. The molecule has 1 aliphatic carbocycles. The smallest absolute Gasteiger partial charge is 0.335 e. The van der Waals surface area contributed by atoms with Gasteiger partial charge in [-0.15, -0.1) is 0 Å². The van der Waals surface area contributed by atoms with Crippen molar-refractivity contribution < 1.29 is 14.5 Å². The molecule has 3 N–H and O–H groups in total. The highest BCUT2D eigenvalue weighted by Crippen LogP contribution is 2.40. The molecular weight excluding hydrogens is 420 g/mol. The fourth-order valence-electron chi connectivity index (χ4n) is 4.63. The van der Waals surface area contributed by atoms with Gasteiger partial charge in [0.05, 0.1) is 11.0 Å². The van der Waals surface area contributed by atoms with Crippen LogP contribution in [0.3, 0.4) is 0 Å². The van der Waals surface area contributed by atoms with E-state index >= 15 is 0 Å². The van der Waals surface area contributed by atoms with Crippen LogP contribution in [0.4, 0.5) is 11.4 Å². The van der Waals surface area contributed by atoms with Crippen molar-refractivity contribution in [2.24, 2.45) is 0 Å². The number of carboxylic acids is 1. The normalized spacial score (nSPS) is 19.2. The van der Waals surface area contributed by atoms with Crippen LogP contribution in [-0.2, 0) is 5.41 Å². The predicted octanol–water partition coefficient (Wildman–Crippen LogP) is 6.29. The largest absolute Gasteiger partial charge is 0.478 e. The van der Waals surface area contributed by atoms with Gasteiger partial charge in [0.15, 0.2) is 5.71 Å². The van der Waals surface area contributed by atoms with Crippen molar-refractivity contribution >= 4 is 40.7 Å². The molecule has 0 amide bonds. The Morgan fingerprint density at radius 2 is 1.84 bits per heavy atom. The van der Waals surface area contributed by atoms with Gasteiger partial charge in [0, 0.05) is 28.4 Å². The molecule has 1 aliphatic heterocycles. The lowest BCUT2D eigenvalue weighted by atomic mass is 9.80. The molecule has 2 aliphatic rings. The van der Waals surface area contributed by atoms with Gasteiger partial charge >= 0.3 is 5.97 Å². The van der Waals surface area contributed by atoms with Crippen LogP contribution in [0.1, 0.15) is 54.6 Å². The average molecular weight is 448 g/mol. The van der Waals surface area contributed by atoms with E-state index in [9.17, 15) is 9.90 Å². The van der Waals surface area contributed by atoms with Crippen LogP contribution in [0.25, 0.3) is 6.08 Å². The van der Waals surface area contributed by atoms with Gasteiger partial charge in [-0.2, -0.15) is 4.58 Å². The van der Waals surface area contributed by atoms with Crippen molar-refractivity contribution in [3.63, 3.8) is 0 Å². The first-order valence-corrected chi connectivity index (χ1v) is 11.2. The van der Waals surface area contributed by atoms with Gasteiger partial charge in [0.25, 0.3) is 0 Å². The van der Waals surface area contributed by atoms with Gasteiger partial charge in [-0.1, -0.05) is 35.9 Å². The van der Waals surface area contributed by atoms with Crippen molar-refractivity contribution in [1.29, 1.82) is 0 Å². The third-order valence-electron chi connectivity index (χ3n) is 6.46. The Morgan fingerprint density at radius 1 is 1.12 bits per heavy atom. The standard InChI is InChI=1S/C27H27ClN2O2/c1-27(2)22-16-20(26(31)32)9-13-23(22)30(3)24(27)14-10-18-5-4-6-19(25(18)28)15-17-7-11-21(29)12-8-17/h7-16,29H,4-6H2,1-3H3,(H,31,32)/p+1. The zero-order valence-corrected chi connectivity index (χ0v) is 19.4. The lowest BCUT2D eigenvalue weighted by molar-refractivity contribution is -0.401. The molecular formula is C27H28ClN2O2+. The maximum Gasteiger partial charge on any atom is 0.335 e. The summed E-state index contributed by atoms with van der Waals surface area (Å²) in [6, 6.07) is 13.1. The number of anilines is 1. The van der Waals surface area contributed by atoms with E-state index in [1.807, 2.05) is 37.4 Å². The zero-order chi connectivity index (χ0) is 23.0. The summed E-state index contributed by atoms with van der Waals surface area (Å²) in [7, 11) is 2.02.